The van der Waals surface area contributed by atoms with Crippen molar-refractivity contribution in [2.45, 2.75) is 37.8 Å². The Labute approximate surface area is 223 Å². The van der Waals surface area contributed by atoms with E-state index >= 15 is 8.78 Å². The number of benzene rings is 1. The van der Waals surface area contributed by atoms with Crippen molar-refractivity contribution in [3.05, 3.63) is 53.9 Å². The Morgan fingerprint density at radius 2 is 2.00 bits per heavy atom. The van der Waals surface area contributed by atoms with Gasteiger partial charge in [0.2, 0.25) is 0 Å². The predicted molar refractivity (Wildman–Crippen MR) is 133 cm³/mol. The number of hydrazine groups is 1. The van der Waals surface area contributed by atoms with Crippen LogP contribution < -0.4 is 15.5 Å². The minimum atomic E-state index is -4.55. The van der Waals surface area contributed by atoms with Crippen LogP contribution in [0.2, 0.25) is 0 Å². The summed E-state index contributed by atoms with van der Waals surface area (Å²) in [5.41, 5.74) is 0.977. The highest BCUT2D eigenvalue weighted by molar-refractivity contribution is 5.95. The topological polar surface area (TPSA) is 107 Å². The van der Waals surface area contributed by atoms with E-state index in [0.29, 0.717) is 0 Å². The van der Waals surface area contributed by atoms with E-state index in [1.807, 2.05) is 0 Å². The zero-order valence-electron chi connectivity index (χ0n) is 21.1. The average Bonchev–Trinajstić information content (AvgIpc) is 3.53. The second-order valence-electron chi connectivity index (χ2n) is 9.61. The van der Waals surface area contributed by atoms with E-state index in [1.54, 1.807) is 13.8 Å². The van der Waals surface area contributed by atoms with Gasteiger partial charge in [-0.15, -0.1) is 0 Å². The van der Waals surface area contributed by atoms with E-state index in [-0.39, 0.29) is 45.8 Å². The van der Waals surface area contributed by atoms with E-state index in [4.69, 9.17) is 14.6 Å². The monoisotopic (exact) mass is 570 g/mol. The minimum Gasteiger partial charge on any atom is -0.461 e. The van der Waals surface area contributed by atoms with Crippen molar-refractivity contribution in [3.63, 3.8) is 0 Å². The van der Waals surface area contributed by atoms with Gasteiger partial charge in [0.15, 0.2) is 23.1 Å². The average molecular weight is 570 g/mol. The molecule has 3 aromatic rings. The number of aliphatic hydroxyl groups excluding tert-OH is 1. The van der Waals surface area contributed by atoms with Crippen molar-refractivity contribution < 1.29 is 40.9 Å². The minimum absolute atomic E-state index is 0.0527. The molecule has 4 N–H and O–H groups in total. The number of nitrogens with one attached hydrogen (secondary N) is 3. The molecule has 2 atom stereocenters. The van der Waals surface area contributed by atoms with Gasteiger partial charge in [0.1, 0.15) is 24.0 Å². The number of nitrogens with zero attached hydrogens (tertiary/aromatic N) is 3. The molecule has 0 fully saturated rings. The van der Waals surface area contributed by atoms with Crippen LogP contribution in [-0.2, 0) is 4.74 Å². The molecule has 4 heterocycles. The van der Waals surface area contributed by atoms with Crippen LogP contribution >= 0.6 is 0 Å². The Morgan fingerprint density at radius 1 is 1.27 bits per heavy atom. The molecule has 9 nitrogen and oxygen atoms in total. The number of aromatic amines is 1. The fraction of sp³-hybridized carbons (Fsp3) is 0.360. The van der Waals surface area contributed by atoms with E-state index in [2.05, 4.69) is 25.7 Å². The normalized spacial score (nSPS) is 21.4. The van der Waals surface area contributed by atoms with Crippen LogP contribution in [0.1, 0.15) is 19.4 Å². The Hall–Kier alpha value is -3.98. The smallest absolute Gasteiger partial charge is 0.409 e. The lowest BCUT2D eigenvalue weighted by Crippen LogP contribution is -2.46. The molecule has 0 spiro atoms. The number of hydrogen-bond acceptors (Lipinski definition) is 8. The van der Waals surface area contributed by atoms with Gasteiger partial charge in [-0.1, -0.05) is 0 Å². The standard InChI is InChI=1S/C25H24F6N6O3/c1-12(2)37-17(7-19(36-37)25(29,30)31)14-8-33-22-20(14)18(3-4-32-22)40-21-15(26)5-13(6-16(21)27)35-23-34-9-24(28,10-38)11-39-23/h3-8,12,19,36,38H,9-11H2,1-2H3,(H,32,33)(H,34,35). The van der Waals surface area contributed by atoms with Gasteiger partial charge in [-0.25, -0.2) is 28.6 Å². The van der Waals surface area contributed by atoms with Crippen molar-refractivity contribution in [2.24, 2.45) is 4.99 Å². The molecular formula is C25H24F6N6O3. The van der Waals surface area contributed by atoms with E-state index in [1.165, 1.54) is 23.5 Å². The summed E-state index contributed by atoms with van der Waals surface area (Å²) >= 11 is 0. The van der Waals surface area contributed by atoms with Gasteiger partial charge in [-0.3, -0.25) is 0 Å². The second-order valence-corrected chi connectivity index (χ2v) is 9.61. The third kappa shape index (κ3) is 5.25. The quantitative estimate of drug-likeness (QED) is 0.320. The molecule has 2 aromatic heterocycles. The molecule has 40 heavy (non-hydrogen) atoms. The van der Waals surface area contributed by atoms with E-state index in [0.717, 1.165) is 18.2 Å². The van der Waals surface area contributed by atoms with Gasteiger partial charge in [0.05, 0.1) is 24.2 Å². The SMILES string of the molecule is CC(C)N1NC(C(F)(F)F)C=C1c1c[nH]c2nccc(Oc3c(F)cc(NC4=NCC(F)(CO)CO4)cc3F)c12. The molecule has 0 aliphatic carbocycles. The summed E-state index contributed by atoms with van der Waals surface area (Å²) in [4.78, 5) is 10.8. The number of amidine groups is 1. The molecule has 0 radical (unpaired) electrons. The third-order valence-corrected chi connectivity index (χ3v) is 6.26. The highest BCUT2D eigenvalue weighted by Gasteiger charge is 2.44. The van der Waals surface area contributed by atoms with Crippen molar-refractivity contribution in [2.75, 3.05) is 25.1 Å². The first kappa shape index (κ1) is 27.6. The zero-order chi connectivity index (χ0) is 28.8. The van der Waals surface area contributed by atoms with Gasteiger partial charge in [0.25, 0.3) is 6.02 Å². The number of alkyl halides is 4. The molecule has 5 rings (SSSR count). The van der Waals surface area contributed by atoms with Crippen LogP contribution in [0.15, 0.2) is 41.7 Å². The van der Waals surface area contributed by atoms with Crippen molar-refractivity contribution >= 4 is 28.4 Å². The summed E-state index contributed by atoms with van der Waals surface area (Å²) in [6.07, 6.45) is -0.771. The number of aromatic nitrogens is 2. The molecule has 0 amide bonds. The van der Waals surface area contributed by atoms with Gasteiger partial charge < -0.3 is 29.9 Å². The van der Waals surface area contributed by atoms with Crippen molar-refractivity contribution in [1.29, 1.82) is 0 Å². The van der Waals surface area contributed by atoms with Gasteiger partial charge >= 0.3 is 6.18 Å². The summed E-state index contributed by atoms with van der Waals surface area (Å²) < 4.78 is 95.4. The first-order chi connectivity index (χ1) is 18.9. The number of fused-ring (bicyclic) bond motifs is 1. The highest BCUT2D eigenvalue weighted by atomic mass is 19.4. The molecule has 0 bridgehead atoms. The molecule has 2 aliphatic heterocycles. The lowest BCUT2D eigenvalue weighted by Gasteiger charge is -2.28. The van der Waals surface area contributed by atoms with Crippen LogP contribution in [0.5, 0.6) is 11.5 Å². The lowest BCUT2D eigenvalue weighted by molar-refractivity contribution is -0.150. The Balaban J connectivity index is 1.46. The van der Waals surface area contributed by atoms with Gasteiger partial charge in [-0.05, 0) is 26.0 Å². The van der Waals surface area contributed by atoms with Crippen molar-refractivity contribution in [1.82, 2.24) is 20.4 Å². The Morgan fingerprint density at radius 3 is 2.60 bits per heavy atom. The number of rotatable bonds is 6. The number of pyridine rings is 1. The molecular weight excluding hydrogens is 546 g/mol. The van der Waals surface area contributed by atoms with Crippen LogP contribution in [-0.4, -0.2) is 69.8 Å². The largest absolute Gasteiger partial charge is 0.461 e. The molecule has 15 heteroatoms. The van der Waals surface area contributed by atoms with Gasteiger partial charge in [-0.2, -0.15) is 13.2 Å². The van der Waals surface area contributed by atoms with E-state index < -0.39 is 55.0 Å². The maximum absolute atomic E-state index is 15.0. The molecule has 2 aliphatic rings. The third-order valence-electron chi connectivity index (χ3n) is 6.26. The predicted octanol–water partition coefficient (Wildman–Crippen LogP) is 4.63. The number of halogens is 6. The van der Waals surface area contributed by atoms with E-state index in [9.17, 15) is 17.6 Å². The first-order valence-electron chi connectivity index (χ1n) is 12.1. The maximum atomic E-state index is 15.0. The Kier molecular flexibility index (Phi) is 7.04. The lowest BCUT2D eigenvalue weighted by atomic mass is 10.1. The maximum Gasteiger partial charge on any atom is 0.409 e. The summed E-state index contributed by atoms with van der Waals surface area (Å²) in [6.45, 7) is 1.71. The number of aliphatic hydroxyl groups is 1. The van der Waals surface area contributed by atoms with Crippen molar-refractivity contribution in [3.8, 4) is 11.5 Å². The summed E-state index contributed by atoms with van der Waals surface area (Å²) in [5, 5.41) is 13.1. The van der Waals surface area contributed by atoms with Gasteiger partial charge in [0, 0.05) is 41.8 Å². The summed E-state index contributed by atoms with van der Waals surface area (Å²) in [6, 6.07) is 0.649. The van der Waals surface area contributed by atoms with Crippen LogP contribution in [0.25, 0.3) is 16.7 Å². The molecule has 1 aromatic carbocycles. The second kappa shape index (κ2) is 10.2. The number of H-pyrrole nitrogens is 1. The molecule has 2 unspecified atom stereocenters. The Bertz CT molecular complexity index is 1470. The fourth-order valence-electron chi connectivity index (χ4n) is 4.26. The zero-order valence-corrected chi connectivity index (χ0v) is 21.1. The molecule has 0 saturated heterocycles. The summed E-state index contributed by atoms with van der Waals surface area (Å²) in [5.74, 6) is -3.05. The summed E-state index contributed by atoms with van der Waals surface area (Å²) in [7, 11) is 0. The number of aliphatic imine (C=N–C) groups is 1. The molecule has 0 saturated carbocycles. The number of hydrogen-bond donors (Lipinski definition) is 4. The number of anilines is 1. The first-order valence-corrected chi connectivity index (χ1v) is 12.1. The number of ether oxygens (including phenoxy) is 2. The molecule has 214 valence electrons. The van der Waals surface area contributed by atoms with Crippen LogP contribution in [0, 0.1) is 11.6 Å². The fourth-order valence-corrected chi connectivity index (χ4v) is 4.26. The van der Waals surface area contributed by atoms with Crippen LogP contribution in [0.4, 0.5) is 32.0 Å². The van der Waals surface area contributed by atoms with Crippen LogP contribution in [0.3, 0.4) is 0 Å². The highest BCUT2D eigenvalue weighted by Crippen LogP contribution is 2.40.